The average molecular weight is 283 g/mol. The van der Waals surface area contributed by atoms with Crippen LogP contribution in [0.3, 0.4) is 0 Å². The quantitative estimate of drug-likeness (QED) is 0.561. The molecule has 20 heavy (non-hydrogen) atoms. The van der Waals surface area contributed by atoms with Crippen LogP contribution in [0, 0.1) is 5.82 Å². The van der Waals surface area contributed by atoms with Crippen molar-refractivity contribution < 1.29 is 19.0 Å². The number of ether oxygens (including phenoxy) is 1. The molecule has 1 atom stereocenters. The first kappa shape index (κ1) is 16.3. The van der Waals surface area contributed by atoms with E-state index in [4.69, 9.17) is 15.6 Å². The lowest BCUT2D eigenvalue weighted by Gasteiger charge is -2.16. The number of nitrogen functional groups attached to an aromatic ring is 1. The Morgan fingerprint density at radius 2 is 2.10 bits per heavy atom. The summed E-state index contributed by atoms with van der Waals surface area (Å²) in [5.74, 6) is -1.88. The molecule has 1 aromatic rings. The summed E-state index contributed by atoms with van der Waals surface area (Å²) in [7, 11) is 0. The number of hydrogen-bond donors (Lipinski definition) is 2. The lowest BCUT2D eigenvalue weighted by atomic mass is 10.1. The van der Waals surface area contributed by atoms with Crippen molar-refractivity contribution in [1.29, 1.82) is 0 Å². The van der Waals surface area contributed by atoms with Crippen LogP contribution in [0.5, 0.6) is 5.75 Å². The number of aromatic carboxylic acids is 1. The Kier molecular flexibility index (Phi) is 6.28. The molecule has 0 fully saturated rings. The van der Waals surface area contributed by atoms with Gasteiger partial charge in [0.25, 0.3) is 0 Å². The number of carboxylic acids is 1. The minimum Gasteiger partial charge on any atom is -0.488 e. The number of anilines is 1. The molecule has 0 aliphatic rings. The minimum absolute atomic E-state index is 0.0559. The maximum Gasteiger partial charge on any atom is 0.337 e. The summed E-state index contributed by atoms with van der Waals surface area (Å²) < 4.78 is 19.2. The molecule has 0 aliphatic carbocycles. The highest BCUT2D eigenvalue weighted by atomic mass is 19.1. The molecule has 0 saturated carbocycles. The van der Waals surface area contributed by atoms with Crippen LogP contribution in [-0.2, 0) is 0 Å². The Hall–Kier alpha value is -1.78. The van der Waals surface area contributed by atoms with E-state index in [9.17, 15) is 9.18 Å². The van der Waals surface area contributed by atoms with Gasteiger partial charge in [-0.1, -0.05) is 26.2 Å². The highest BCUT2D eigenvalue weighted by molar-refractivity contribution is 5.94. The zero-order valence-electron chi connectivity index (χ0n) is 12.0. The zero-order valence-corrected chi connectivity index (χ0v) is 12.0. The number of hydrogen-bond acceptors (Lipinski definition) is 3. The number of unbranched alkanes of at least 4 members (excludes halogenated alkanes) is 3. The first-order chi connectivity index (χ1) is 9.45. The minimum atomic E-state index is -1.19. The predicted molar refractivity (Wildman–Crippen MR) is 76.6 cm³/mol. The van der Waals surface area contributed by atoms with Crippen molar-refractivity contribution >= 4 is 11.7 Å². The molecular weight excluding hydrogens is 261 g/mol. The molecule has 112 valence electrons. The van der Waals surface area contributed by atoms with E-state index in [1.165, 1.54) is 6.42 Å². The third-order valence-electron chi connectivity index (χ3n) is 3.13. The summed E-state index contributed by atoms with van der Waals surface area (Å²) >= 11 is 0. The lowest BCUT2D eigenvalue weighted by molar-refractivity contribution is 0.0697. The molecular formula is C15H22FNO3. The van der Waals surface area contributed by atoms with E-state index in [0.717, 1.165) is 37.8 Å². The van der Waals surface area contributed by atoms with Gasteiger partial charge in [0.1, 0.15) is 0 Å². The molecule has 3 N–H and O–H groups in total. The van der Waals surface area contributed by atoms with Crippen LogP contribution >= 0.6 is 0 Å². The molecule has 0 heterocycles. The summed E-state index contributed by atoms with van der Waals surface area (Å²) in [5.41, 5.74) is 5.22. The molecule has 0 amide bonds. The van der Waals surface area contributed by atoms with Crippen LogP contribution in [0.2, 0.25) is 0 Å². The van der Waals surface area contributed by atoms with E-state index in [1.807, 2.05) is 6.92 Å². The molecule has 1 aromatic carbocycles. The van der Waals surface area contributed by atoms with Gasteiger partial charge in [-0.15, -0.1) is 0 Å². The van der Waals surface area contributed by atoms with Crippen LogP contribution in [0.4, 0.5) is 10.1 Å². The van der Waals surface area contributed by atoms with E-state index < -0.39 is 11.8 Å². The Morgan fingerprint density at radius 3 is 2.70 bits per heavy atom. The van der Waals surface area contributed by atoms with Crippen molar-refractivity contribution in [3.8, 4) is 5.75 Å². The molecule has 0 spiro atoms. The molecule has 1 rings (SSSR count). The molecule has 0 aliphatic heterocycles. The number of carboxylic acid groups (broad SMARTS) is 1. The topological polar surface area (TPSA) is 72.5 Å². The highest BCUT2D eigenvalue weighted by Crippen LogP contribution is 2.26. The average Bonchev–Trinajstić information content (AvgIpc) is 2.37. The second-order valence-corrected chi connectivity index (χ2v) is 4.95. The Labute approximate surface area is 118 Å². The van der Waals surface area contributed by atoms with Gasteiger partial charge >= 0.3 is 5.97 Å². The number of carbonyl (C=O) groups is 1. The smallest absolute Gasteiger partial charge is 0.337 e. The van der Waals surface area contributed by atoms with E-state index >= 15 is 0 Å². The molecule has 0 saturated heterocycles. The van der Waals surface area contributed by atoms with Gasteiger partial charge in [-0.05, 0) is 25.8 Å². The van der Waals surface area contributed by atoms with Crippen molar-refractivity contribution in [2.24, 2.45) is 0 Å². The van der Waals surface area contributed by atoms with Crippen molar-refractivity contribution in [2.75, 3.05) is 5.73 Å². The Morgan fingerprint density at radius 1 is 1.40 bits per heavy atom. The van der Waals surface area contributed by atoms with Gasteiger partial charge in [-0.3, -0.25) is 0 Å². The number of rotatable bonds is 8. The van der Waals surface area contributed by atoms with Crippen LogP contribution < -0.4 is 10.5 Å². The summed E-state index contributed by atoms with van der Waals surface area (Å²) in [6.07, 6.45) is 5.11. The molecule has 0 radical (unpaired) electrons. The van der Waals surface area contributed by atoms with Gasteiger partial charge in [0.2, 0.25) is 0 Å². The van der Waals surface area contributed by atoms with Crippen LogP contribution in [0.1, 0.15) is 56.3 Å². The summed E-state index contributed by atoms with van der Waals surface area (Å²) in [6, 6.07) is 2.14. The van der Waals surface area contributed by atoms with E-state index in [1.54, 1.807) is 0 Å². The van der Waals surface area contributed by atoms with Gasteiger partial charge in [-0.2, -0.15) is 0 Å². The second-order valence-electron chi connectivity index (χ2n) is 4.95. The van der Waals surface area contributed by atoms with Crippen molar-refractivity contribution in [2.45, 2.75) is 52.1 Å². The maximum atomic E-state index is 13.7. The molecule has 4 nitrogen and oxygen atoms in total. The summed E-state index contributed by atoms with van der Waals surface area (Å²) in [5, 5.41) is 8.96. The molecule has 1 unspecified atom stereocenters. The van der Waals surface area contributed by atoms with Gasteiger partial charge in [0, 0.05) is 11.8 Å². The zero-order chi connectivity index (χ0) is 15.1. The normalized spacial score (nSPS) is 12.2. The first-order valence-corrected chi connectivity index (χ1v) is 6.94. The van der Waals surface area contributed by atoms with Crippen molar-refractivity contribution in [3.63, 3.8) is 0 Å². The number of benzene rings is 1. The van der Waals surface area contributed by atoms with Crippen LogP contribution in [0.15, 0.2) is 12.1 Å². The fourth-order valence-corrected chi connectivity index (χ4v) is 1.98. The van der Waals surface area contributed by atoms with Gasteiger partial charge in [0.15, 0.2) is 11.6 Å². The Balaban J connectivity index is 2.67. The predicted octanol–water partition coefficient (Wildman–Crippen LogP) is 3.84. The largest absolute Gasteiger partial charge is 0.488 e. The van der Waals surface area contributed by atoms with E-state index in [-0.39, 0.29) is 23.1 Å². The van der Waals surface area contributed by atoms with Crippen molar-refractivity contribution in [3.05, 3.63) is 23.5 Å². The standard InChI is InChI=1S/C15H22FNO3/c1-3-4-5-6-7-10(2)20-14-8-11(15(18)19)13(17)9-12(14)16/h8-10H,3-7,17H2,1-2H3,(H,18,19). The van der Waals surface area contributed by atoms with Crippen molar-refractivity contribution in [1.82, 2.24) is 0 Å². The molecule has 0 aromatic heterocycles. The molecule has 0 bridgehead atoms. The third kappa shape index (κ3) is 4.72. The number of nitrogens with two attached hydrogens (primary N) is 1. The van der Waals surface area contributed by atoms with E-state index in [2.05, 4.69) is 6.92 Å². The highest BCUT2D eigenvalue weighted by Gasteiger charge is 2.15. The van der Waals surface area contributed by atoms with Gasteiger partial charge < -0.3 is 15.6 Å². The van der Waals surface area contributed by atoms with Gasteiger partial charge in [-0.25, -0.2) is 9.18 Å². The lowest BCUT2D eigenvalue weighted by Crippen LogP contribution is -2.14. The fraction of sp³-hybridized carbons (Fsp3) is 0.533. The summed E-state index contributed by atoms with van der Waals surface area (Å²) in [4.78, 5) is 11.0. The SMILES string of the molecule is CCCCCCC(C)Oc1cc(C(=O)O)c(N)cc1F. The Bertz CT molecular complexity index is 463. The molecule has 5 heteroatoms. The number of halogens is 1. The second kappa shape index (κ2) is 7.72. The third-order valence-corrected chi connectivity index (χ3v) is 3.13. The van der Waals surface area contributed by atoms with E-state index in [0.29, 0.717) is 0 Å². The van der Waals surface area contributed by atoms with Crippen LogP contribution in [0.25, 0.3) is 0 Å². The fourth-order valence-electron chi connectivity index (χ4n) is 1.98. The maximum absolute atomic E-state index is 13.7. The van der Waals surface area contributed by atoms with Gasteiger partial charge in [0.05, 0.1) is 11.7 Å². The first-order valence-electron chi connectivity index (χ1n) is 6.94. The monoisotopic (exact) mass is 283 g/mol. The summed E-state index contributed by atoms with van der Waals surface area (Å²) in [6.45, 7) is 3.99. The van der Waals surface area contributed by atoms with Crippen LogP contribution in [-0.4, -0.2) is 17.2 Å².